The molecule has 2 aromatic rings. The monoisotopic (exact) mass is 494 g/mol. The Morgan fingerprint density at radius 3 is 2.33 bits per heavy atom. The SMILES string of the molecule is CCCCOc1ccc(C2C(=C(O)c3cccc(OCC)c3)C(=O)C(=O)N2CCN(CC)CC)cc1. The van der Waals surface area contributed by atoms with E-state index in [0.717, 1.165) is 37.2 Å². The Balaban J connectivity index is 2.03. The van der Waals surface area contributed by atoms with Gasteiger partial charge in [0.25, 0.3) is 11.7 Å². The molecule has 0 saturated carbocycles. The smallest absolute Gasteiger partial charge is 0.295 e. The van der Waals surface area contributed by atoms with Crippen LogP contribution in [0.2, 0.25) is 0 Å². The van der Waals surface area contributed by atoms with Crippen LogP contribution in [0.25, 0.3) is 5.76 Å². The molecule has 0 radical (unpaired) electrons. The van der Waals surface area contributed by atoms with E-state index in [-0.39, 0.29) is 11.3 Å². The molecule has 1 unspecified atom stereocenters. The summed E-state index contributed by atoms with van der Waals surface area (Å²) in [5, 5.41) is 11.3. The van der Waals surface area contributed by atoms with Gasteiger partial charge in [-0.3, -0.25) is 9.59 Å². The van der Waals surface area contributed by atoms with E-state index in [1.807, 2.05) is 31.2 Å². The number of likely N-dealkylation sites (N-methyl/N-ethyl adjacent to an activating group) is 1. The van der Waals surface area contributed by atoms with Crippen LogP contribution in [-0.4, -0.2) is 66.0 Å². The minimum absolute atomic E-state index is 0.0906. The number of rotatable bonds is 13. The summed E-state index contributed by atoms with van der Waals surface area (Å²) in [5.74, 6) is -0.160. The van der Waals surface area contributed by atoms with Gasteiger partial charge in [-0.15, -0.1) is 0 Å². The third kappa shape index (κ3) is 6.26. The van der Waals surface area contributed by atoms with Crippen LogP contribution in [0.15, 0.2) is 54.1 Å². The highest BCUT2D eigenvalue weighted by Crippen LogP contribution is 2.40. The van der Waals surface area contributed by atoms with Gasteiger partial charge in [0.1, 0.15) is 17.3 Å². The summed E-state index contributed by atoms with van der Waals surface area (Å²) in [5.41, 5.74) is 1.28. The number of amides is 1. The van der Waals surface area contributed by atoms with E-state index in [9.17, 15) is 14.7 Å². The zero-order chi connectivity index (χ0) is 26.1. The molecular weight excluding hydrogens is 456 g/mol. The largest absolute Gasteiger partial charge is 0.507 e. The highest BCUT2D eigenvalue weighted by Gasteiger charge is 2.46. The van der Waals surface area contributed by atoms with Gasteiger partial charge in [0.15, 0.2) is 0 Å². The van der Waals surface area contributed by atoms with E-state index < -0.39 is 17.7 Å². The summed E-state index contributed by atoms with van der Waals surface area (Å²) in [7, 11) is 0. The van der Waals surface area contributed by atoms with Crippen LogP contribution in [0.5, 0.6) is 11.5 Å². The molecule has 7 heteroatoms. The molecule has 0 bridgehead atoms. The van der Waals surface area contributed by atoms with Crippen molar-refractivity contribution in [3.05, 3.63) is 65.2 Å². The number of carbonyl (C=O) groups is 2. The molecule has 7 nitrogen and oxygen atoms in total. The first-order valence-electron chi connectivity index (χ1n) is 12.9. The fourth-order valence-electron chi connectivity index (χ4n) is 4.38. The van der Waals surface area contributed by atoms with Crippen LogP contribution < -0.4 is 9.47 Å². The van der Waals surface area contributed by atoms with Crippen molar-refractivity contribution >= 4 is 17.4 Å². The molecule has 1 aliphatic rings. The maximum atomic E-state index is 13.3. The third-order valence-corrected chi connectivity index (χ3v) is 6.47. The molecule has 2 aromatic carbocycles. The number of likely N-dealkylation sites (tertiary alicyclic amines) is 1. The number of hydrogen-bond donors (Lipinski definition) is 1. The van der Waals surface area contributed by atoms with Gasteiger partial charge in [-0.25, -0.2) is 0 Å². The molecule has 1 atom stereocenters. The van der Waals surface area contributed by atoms with Crippen LogP contribution in [0.1, 0.15) is 57.7 Å². The maximum Gasteiger partial charge on any atom is 0.295 e. The van der Waals surface area contributed by atoms with Gasteiger partial charge < -0.3 is 24.4 Å². The number of carbonyl (C=O) groups excluding carboxylic acids is 2. The van der Waals surface area contributed by atoms with Gasteiger partial charge in [-0.1, -0.05) is 51.5 Å². The number of Topliss-reactive ketones (excluding diaryl/α,β-unsaturated/α-hetero) is 1. The van der Waals surface area contributed by atoms with Crippen molar-refractivity contribution < 1.29 is 24.2 Å². The summed E-state index contributed by atoms with van der Waals surface area (Å²) in [4.78, 5) is 30.2. The van der Waals surface area contributed by atoms with Gasteiger partial charge in [-0.2, -0.15) is 0 Å². The maximum absolute atomic E-state index is 13.3. The van der Waals surface area contributed by atoms with E-state index in [4.69, 9.17) is 9.47 Å². The Hall–Kier alpha value is -3.32. The predicted molar refractivity (Wildman–Crippen MR) is 141 cm³/mol. The van der Waals surface area contributed by atoms with Crippen LogP contribution in [0, 0.1) is 0 Å². The van der Waals surface area contributed by atoms with Crippen LogP contribution >= 0.6 is 0 Å². The predicted octanol–water partition coefficient (Wildman–Crippen LogP) is 5.03. The molecule has 1 fully saturated rings. The van der Waals surface area contributed by atoms with Crippen molar-refractivity contribution in [2.45, 2.75) is 46.6 Å². The molecule has 0 aliphatic carbocycles. The highest BCUT2D eigenvalue weighted by molar-refractivity contribution is 6.46. The molecule has 36 heavy (non-hydrogen) atoms. The standard InChI is InChI=1S/C29H38N2O5/c1-5-9-19-36-23-15-13-21(14-16-23)26-25(27(32)22-11-10-12-24(20-22)35-8-4)28(33)29(34)31(26)18-17-30(6-2)7-3/h10-16,20,26,32H,5-9,17-19H2,1-4H3. The average Bonchev–Trinajstić information content (AvgIpc) is 3.15. The number of nitrogens with zero attached hydrogens (tertiary/aromatic N) is 2. The minimum Gasteiger partial charge on any atom is -0.507 e. The molecule has 0 spiro atoms. The second-order valence-corrected chi connectivity index (χ2v) is 8.75. The first-order valence-corrected chi connectivity index (χ1v) is 12.9. The summed E-state index contributed by atoms with van der Waals surface area (Å²) < 4.78 is 11.4. The van der Waals surface area contributed by atoms with E-state index in [1.54, 1.807) is 29.2 Å². The normalized spacial score (nSPS) is 17.1. The lowest BCUT2D eigenvalue weighted by atomic mass is 9.95. The summed E-state index contributed by atoms with van der Waals surface area (Å²) in [6, 6.07) is 13.7. The van der Waals surface area contributed by atoms with Gasteiger partial charge in [0.05, 0.1) is 24.8 Å². The van der Waals surface area contributed by atoms with E-state index in [0.29, 0.717) is 37.6 Å². The summed E-state index contributed by atoms with van der Waals surface area (Å²) in [6.07, 6.45) is 2.01. The Morgan fingerprint density at radius 1 is 0.972 bits per heavy atom. The molecule has 1 N–H and O–H groups in total. The van der Waals surface area contributed by atoms with Crippen molar-refractivity contribution in [2.75, 3.05) is 39.4 Å². The zero-order valence-electron chi connectivity index (χ0n) is 21.8. The number of hydrogen-bond acceptors (Lipinski definition) is 6. The number of ketones is 1. The molecule has 1 saturated heterocycles. The third-order valence-electron chi connectivity index (χ3n) is 6.47. The van der Waals surface area contributed by atoms with Gasteiger partial charge in [-0.05, 0) is 56.3 Å². The number of ether oxygens (including phenoxy) is 2. The Morgan fingerprint density at radius 2 is 1.69 bits per heavy atom. The zero-order valence-corrected chi connectivity index (χ0v) is 21.8. The highest BCUT2D eigenvalue weighted by atomic mass is 16.5. The lowest BCUT2D eigenvalue weighted by molar-refractivity contribution is -0.140. The van der Waals surface area contributed by atoms with Crippen LogP contribution in [0.3, 0.4) is 0 Å². The van der Waals surface area contributed by atoms with Gasteiger partial charge in [0, 0.05) is 18.7 Å². The van der Waals surface area contributed by atoms with Crippen LogP contribution in [-0.2, 0) is 9.59 Å². The molecule has 1 amide bonds. The topological polar surface area (TPSA) is 79.3 Å². The van der Waals surface area contributed by atoms with Crippen LogP contribution in [0.4, 0.5) is 0 Å². The minimum atomic E-state index is -0.694. The number of aliphatic hydroxyl groups is 1. The van der Waals surface area contributed by atoms with Crippen molar-refractivity contribution in [3.63, 3.8) is 0 Å². The number of aliphatic hydroxyl groups excluding tert-OH is 1. The molecule has 1 aliphatic heterocycles. The number of benzene rings is 2. The quantitative estimate of drug-likeness (QED) is 0.182. The Labute approximate surface area is 214 Å². The van der Waals surface area contributed by atoms with E-state index in [1.165, 1.54) is 0 Å². The molecule has 3 rings (SSSR count). The van der Waals surface area contributed by atoms with E-state index in [2.05, 4.69) is 25.7 Å². The first-order chi connectivity index (χ1) is 17.4. The second-order valence-electron chi connectivity index (χ2n) is 8.75. The first kappa shape index (κ1) is 27.3. The van der Waals surface area contributed by atoms with Crippen molar-refractivity contribution in [3.8, 4) is 11.5 Å². The van der Waals surface area contributed by atoms with Crippen molar-refractivity contribution in [1.29, 1.82) is 0 Å². The Kier molecular flexibility index (Phi) is 9.94. The molecular formula is C29H38N2O5. The van der Waals surface area contributed by atoms with E-state index >= 15 is 0 Å². The average molecular weight is 495 g/mol. The molecule has 0 aromatic heterocycles. The van der Waals surface area contributed by atoms with Crippen molar-refractivity contribution in [2.24, 2.45) is 0 Å². The fourth-order valence-corrected chi connectivity index (χ4v) is 4.38. The Bertz CT molecular complexity index is 1060. The summed E-state index contributed by atoms with van der Waals surface area (Å²) >= 11 is 0. The lowest BCUT2D eigenvalue weighted by Crippen LogP contribution is -2.38. The lowest BCUT2D eigenvalue weighted by Gasteiger charge is -2.28. The van der Waals surface area contributed by atoms with Gasteiger partial charge in [0.2, 0.25) is 0 Å². The molecule has 194 valence electrons. The fraction of sp³-hybridized carbons (Fsp3) is 0.448. The summed E-state index contributed by atoms with van der Waals surface area (Å²) in [6.45, 7) is 11.9. The molecule has 1 heterocycles. The number of unbranched alkanes of at least 4 members (excludes halogenated alkanes) is 1. The van der Waals surface area contributed by atoms with Crippen molar-refractivity contribution in [1.82, 2.24) is 9.80 Å². The van der Waals surface area contributed by atoms with Gasteiger partial charge >= 0.3 is 0 Å². The second kappa shape index (κ2) is 13.1.